The molecule has 2 aliphatic carbocycles. The van der Waals surface area contributed by atoms with Gasteiger partial charge in [0, 0.05) is 25.2 Å². The van der Waals surface area contributed by atoms with Crippen LogP contribution in [0.25, 0.3) is 0 Å². The van der Waals surface area contributed by atoms with Gasteiger partial charge in [0.2, 0.25) is 0 Å². The number of rotatable bonds is 6. The van der Waals surface area contributed by atoms with E-state index in [9.17, 15) is 34.8 Å². The van der Waals surface area contributed by atoms with Crippen LogP contribution in [-0.2, 0) is 23.9 Å². The Bertz CT molecular complexity index is 785. The topological polar surface area (TPSA) is 151 Å². The standard InChI is InChI=1S/C24H40O9/c1-14(25)33-21(5,6)18(28)15(26)13-23(30)16(27)10-12-22(7)17(9-8-11-24(22,23)31)32-19(29)20(2,3)4/h15,17-18,26,28,30-31H,8-13H2,1-7H3/t15?,17-,18?,22+,23+,24-/m0/s1. The van der Waals surface area contributed by atoms with Crippen LogP contribution in [0.1, 0.15) is 87.0 Å². The second-order valence-electron chi connectivity index (χ2n) is 11.5. The first-order chi connectivity index (χ1) is 14.8. The number of carbonyl (C=O) groups excluding carboxylic acids is 3. The Morgan fingerprint density at radius 2 is 1.70 bits per heavy atom. The van der Waals surface area contributed by atoms with Crippen molar-refractivity contribution >= 4 is 17.7 Å². The van der Waals surface area contributed by atoms with E-state index in [0.29, 0.717) is 12.8 Å². The molecule has 9 nitrogen and oxygen atoms in total. The van der Waals surface area contributed by atoms with Gasteiger partial charge in [0.1, 0.15) is 23.4 Å². The van der Waals surface area contributed by atoms with Crippen molar-refractivity contribution in [2.75, 3.05) is 0 Å². The highest BCUT2D eigenvalue weighted by atomic mass is 16.6. The summed E-state index contributed by atoms with van der Waals surface area (Å²) in [6.07, 6.45) is -3.68. The number of aliphatic hydroxyl groups excluding tert-OH is 2. The van der Waals surface area contributed by atoms with Crippen LogP contribution < -0.4 is 0 Å². The molecule has 0 saturated heterocycles. The Morgan fingerprint density at radius 3 is 2.21 bits per heavy atom. The molecule has 2 fully saturated rings. The summed E-state index contributed by atoms with van der Waals surface area (Å²) < 4.78 is 10.9. The third kappa shape index (κ3) is 4.83. The summed E-state index contributed by atoms with van der Waals surface area (Å²) in [5.41, 5.74) is -7.80. The van der Waals surface area contributed by atoms with Gasteiger partial charge < -0.3 is 29.9 Å². The van der Waals surface area contributed by atoms with Gasteiger partial charge in [0.15, 0.2) is 11.4 Å². The van der Waals surface area contributed by atoms with Crippen molar-refractivity contribution in [2.45, 2.75) is 122 Å². The molecule has 190 valence electrons. The molecule has 0 spiro atoms. The smallest absolute Gasteiger partial charge is 0.311 e. The van der Waals surface area contributed by atoms with Crippen LogP contribution in [0, 0.1) is 10.8 Å². The minimum absolute atomic E-state index is 0.0610. The molecule has 2 unspecified atom stereocenters. The van der Waals surface area contributed by atoms with E-state index in [1.807, 2.05) is 0 Å². The molecule has 0 amide bonds. The molecule has 2 saturated carbocycles. The summed E-state index contributed by atoms with van der Waals surface area (Å²) >= 11 is 0. The molecule has 0 aromatic heterocycles. The van der Waals surface area contributed by atoms with Gasteiger partial charge >= 0.3 is 11.9 Å². The van der Waals surface area contributed by atoms with Gasteiger partial charge in [0.05, 0.1) is 11.5 Å². The first-order valence-electron chi connectivity index (χ1n) is 11.6. The Morgan fingerprint density at radius 1 is 1.12 bits per heavy atom. The molecular formula is C24H40O9. The van der Waals surface area contributed by atoms with E-state index in [2.05, 4.69) is 0 Å². The van der Waals surface area contributed by atoms with Crippen LogP contribution in [0.2, 0.25) is 0 Å². The van der Waals surface area contributed by atoms with Crippen LogP contribution in [0.15, 0.2) is 0 Å². The average Bonchev–Trinajstić information content (AvgIpc) is 2.66. The summed E-state index contributed by atoms with van der Waals surface area (Å²) in [5.74, 6) is -1.76. The second kappa shape index (κ2) is 8.91. The maximum Gasteiger partial charge on any atom is 0.311 e. The molecule has 4 N–H and O–H groups in total. The lowest BCUT2D eigenvalue weighted by atomic mass is 9.49. The lowest BCUT2D eigenvalue weighted by molar-refractivity contribution is -0.275. The van der Waals surface area contributed by atoms with Crippen LogP contribution in [0.4, 0.5) is 0 Å². The molecular weight excluding hydrogens is 432 g/mol. The SMILES string of the molecule is CC(=O)OC(C)(C)C(O)C(O)C[C@@]1(O)C(=O)CC[C@]2(C)[C@@H](OC(=O)C(C)(C)C)CCC[C@@]12O. The van der Waals surface area contributed by atoms with Crippen molar-refractivity contribution in [2.24, 2.45) is 10.8 Å². The minimum Gasteiger partial charge on any atom is -0.461 e. The van der Waals surface area contributed by atoms with Crippen molar-refractivity contribution in [1.82, 2.24) is 0 Å². The molecule has 2 rings (SSSR count). The van der Waals surface area contributed by atoms with E-state index in [1.165, 1.54) is 13.8 Å². The largest absolute Gasteiger partial charge is 0.461 e. The molecule has 2 aliphatic rings. The molecule has 6 atom stereocenters. The van der Waals surface area contributed by atoms with Crippen molar-refractivity contribution in [3.05, 3.63) is 0 Å². The van der Waals surface area contributed by atoms with E-state index >= 15 is 0 Å². The number of ketones is 1. The second-order valence-corrected chi connectivity index (χ2v) is 11.5. The molecule has 0 aliphatic heterocycles. The van der Waals surface area contributed by atoms with Crippen LogP contribution in [0.3, 0.4) is 0 Å². The van der Waals surface area contributed by atoms with Crippen molar-refractivity contribution in [1.29, 1.82) is 0 Å². The molecule has 33 heavy (non-hydrogen) atoms. The molecule has 0 radical (unpaired) electrons. The maximum absolute atomic E-state index is 13.0. The van der Waals surface area contributed by atoms with Crippen molar-refractivity contribution in [3.63, 3.8) is 0 Å². The fourth-order valence-corrected chi connectivity index (χ4v) is 5.36. The van der Waals surface area contributed by atoms with Gasteiger partial charge in [-0.05, 0) is 60.3 Å². The first kappa shape index (κ1) is 27.7. The highest BCUT2D eigenvalue weighted by Gasteiger charge is 2.70. The average molecular weight is 473 g/mol. The van der Waals surface area contributed by atoms with Gasteiger partial charge in [-0.25, -0.2) is 0 Å². The number of aliphatic hydroxyl groups is 4. The summed E-state index contributed by atoms with van der Waals surface area (Å²) in [5, 5.41) is 44.9. The highest BCUT2D eigenvalue weighted by molar-refractivity contribution is 5.90. The van der Waals surface area contributed by atoms with Crippen molar-refractivity contribution in [3.8, 4) is 0 Å². The summed E-state index contributed by atoms with van der Waals surface area (Å²) in [4.78, 5) is 37.0. The molecule has 0 bridgehead atoms. The lowest BCUT2D eigenvalue weighted by Crippen LogP contribution is -2.75. The fourth-order valence-electron chi connectivity index (χ4n) is 5.36. The minimum atomic E-state index is -2.39. The van der Waals surface area contributed by atoms with Gasteiger partial charge in [-0.1, -0.05) is 6.92 Å². The van der Waals surface area contributed by atoms with Crippen LogP contribution in [-0.4, -0.2) is 73.3 Å². The van der Waals surface area contributed by atoms with Crippen LogP contribution in [0.5, 0.6) is 0 Å². The first-order valence-corrected chi connectivity index (χ1v) is 11.6. The van der Waals surface area contributed by atoms with Crippen LogP contribution >= 0.6 is 0 Å². The third-order valence-electron chi connectivity index (χ3n) is 7.53. The zero-order valence-corrected chi connectivity index (χ0v) is 20.8. The van der Waals surface area contributed by atoms with Gasteiger partial charge in [-0.15, -0.1) is 0 Å². The number of ether oxygens (including phenoxy) is 2. The van der Waals surface area contributed by atoms with E-state index in [1.54, 1.807) is 27.7 Å². The van der Waals surface area contributed by atoms with Gasteiger partial charge in [0.25, 0.3) is 0 Å². The Balaban J connectivity index is 2.39. The summed E-state index contributed by atoms with van der Waals surface area (Å²) in [7, 11) is 0. The lowest BCUT2D eigenvalue weighted by Gasteiger charge is -2.61. The summed E-state index contributed by atoms with van der Waals surface area (Å²) in [6, 6.07) is 0. The molecule has 9 heteroatoms. The maximum atomic E-state index is 13.0. The monoisotopic (exact) mass is 472 g/mol. The summed E-state index contributed by atoms with van der Waals surface area (Å²) in [6.45, 7) is 10.8. The van der Waals surface area contributed by atoms with Gasteiger partial charge in [-0.3, -0.25) is 14.4 Å². The van der Waals surface area contributed by atoms with Gasteiger partial charge in [-0.2, -0.15) is 0 Å². The Labute approximate surface area is 195 Å². The number of carbonyl (C=O) groups is 3. The molecule has 0 aromatic rings. The zero-order chi connectivity index (χ0) is 25.6. The number of hydrogen-bond donors (Lipinski definition) is 4. The molecule has 0 aromatic carbocycles. The van der Waals surface area contributed by atoms with Crippen molar-refractivity contribution < 1.29 is 44.3 Å². The fraction of sp³-hybridized carbons (Fsp3) is 0.875. The zero-order valence-electron chi connectivity index (χ0n) is 20.8. The van der Waals surface area contributed by atoms with E-state index in [4.69, 9.17) is 9.47 Å². The number of Topliss-reactive ketones (excluding diaryl/α,β-unsaturated/α-hetero) is 1. The predicted molar refractivity (Wildman–Crippen MR) is 118 cm³/mol. The van der Waals surface area contributed by atoms with E-state index in [-0.39, 0.29) is 19.3 Å². The molecule has 0 heterocycles. The number of hydrogen-bond acceptors (Lipinski definition) is 9. The normalized spacial score (nSPS) is 34.8. The Kier molecular flexibility index (Phi) is 7.48. The predicted octanol–water partition coefficient (Wildman–Crippen LogP) is 1.41. The Hall–Kier alpha value is -1.55. The third-order valence-corrected chi connectivity index (χ3v) is 7.53. The van der Waals surface area contributed by atoms with E-state index < -0.39 is 70.1 Å². The highest BCUT2D eigenvalue weighted by Crippen LogP contribution is 2.58. The number of fused-ring (bicyclic) bond motifs is 1. The van der Waals surface area contributed by atoms with E-state index in [0.717, 1.165) is 6.92 Å². The quantitative estimate of drug-likeness (QED) is 0.421. The number of esters is 2.